The van der Waals surface area contributed by atoms with E-state index in [0.29, 0.717) is 39.9 Å². The highest BCUT2D eigenvalue weighted by Gasteiger charge is 2.48. The van der Waals surface area contributed by atoms with Crippen LogP contribution in [0.1, 0.15) is 28.4 Å². The van der Waals surface area contributed by atoms with E-state index in [-0.39, 0.29) is 17.9 Å². The number of ether oxygens (including phenoxy) is 1. The summed E-state index contributed by atoms with van der Waals surface area (Å²) >= 11 is 0. The lowest BCUT2D eigenvalue weighted by atomic mass is 9.87. The molecule has 0 radical (unpaired) electrons. The molecule has 9 heteroatoms. The molecular weight excluding hydrogens is 459 g/mol. The van der Waals surface area contributed by atoms with Crippen molar-refractivity contribution in [3.8, 4) is 16.9 Å². The fraction of sp³-hybridized carbons (Fsp3) is 0.200. The normalized spacial score (nSPS) is 16.9. The van der Waals surface area contributed by atoms with E-state index in [1.54, 1.807) is 36.4 Å². The van der Waals surface area contributed by atoms with Crippen molar-refractivity contribution in [2.45, 2.75) is 18.9 Å². The fourth-order valence-electron chi connectivity index (χ4n) is 4.03. The number of rotatable bonds is 7. The Kier molecular flexibility index (Phi) is 6.14. The van der Waals surface area contributed by atoms with Crippen LogP contribution in [0.3, 0.4) is 0 Å². The lowest BCUT2D eigenvalue weighted by Gasteiger charge is -2.27. The number of amides is 1. The Bertz CT molecular complexity index is 1370. The molecule has 0 aromatic heterocycles. The average Bonchev–Trinajstić information content (AvgIpc) is 3.22. The summed E-state index contributed by atoms with van der Waals surface area (Å²) in [5.41, 5.74) is 1.54. The van der Waals surface area contributed by atoms with Crippen molar-refractivity contribution >= 4 is 27.9 Å². The van der Waals surface area contributed by atoms with E-state index >= 15 is 0 Å². The van der Waals surface area contributed by atoms with Gasteiger partial charge >= 0.3 is 0 Å². The minimum absolute atomic E-state index is 0.142. The van der Waals surface area contributed by atoms with E-state index < -0.39 is 27.3 Å². The smallest absolute Gasteiger partial charge is 0.269 e. The van der Waals surface area contributed by atoms with Crippen LogP contribution in [0, 0.1) is 5.82 Å². The van der Waals surface area contributed by atoms with Gasteiger partial charge in [-0.3, -0.25) is 14.3 Å². The van der Waals surface area contributed by atoms with Gasteiger partial charge in [0.05, 0.1) is 11.4 Å². The zero-order chi connectivity index (χ0) is 24.5. The second-order valence-corrected chi connectivity index (χ2v) is 9.96. The second kappa shape index (κ2) is 8.90. The third-order valence-corrected chi connectivity index (χ3v) is 7.10. The Morgan fingerprint density at radius 2 is 1.88 bits per heavy atom. The lowest BCUT2D eigenvalue weighted by Crippen LogP contribution is -2.46. The van der Waals surface area contributed by atoms with Crippen LogP contribution in [0.15, 0.2) is 60.7 Å². The highest BCUT2D eigenvalue weighted by atomic mass is 32.2. The summed E-state index contributed by atoms with van der Waals surface area (Å²) in [5, 5.41) is 2.61. The van der Waals surface area contributed by atoms with Crippen LogP contribution in [-0.4, -0.2) is 33.4 Å². The molecule has 0 saturated heterocycles. The van der Waals surface area contributed by atoms with Crippen LogP contribution < -0.4 is 14.8 Å². The van der Waals surface area contributed by atoms with Gasteiger partial charge in [-0.15, -0.1) is 0 Å². The van der Waals surface area contributed by atoms with E-state index in [1.807, 2.05) is 0 Å². The number of anilines is 1. The molecule has 0 fully saturated rings. The largest absolute Gasteiger partial charge is 0.472 e. The molecule has 0 saturated carbocycles. The number of carbonyl (C=O) groups is 2. The molecule has 7 nitrogen and oxygen atoms in total. The SMILES string of the molecule is CCS(=O)(=O)Nc1cc2c(cc1-c1cccc(C=O)c1)CC(C(=O)NC)(c1ccc(F)cc1)O2. The number of hydrogen-bond acceptors (Lipinski definition) is 5. The first-order valence-electron chi connectivity index (χ1n) is 10.6. The molecule has 34 heavy (non-hydrogen) atoms. The van der Waals surface area contributed by atoms with Gasteiger partial charge in [-0.05, 0) is 42.3 Å². The summed E-state index contributed by atoms with van der Waals surface area (Å²) in [4.78, 5) is 24.3. The molecule has 1 aliphatic rings. The maximum atomic E-state index is 13.6. The second-order valence-electron chi connectivity index (χ2n) is 7.95. The Labute approximate surface area is 197 Å². The number of carbonyl (C=O) groups excluding carboxylic acids is 2. The van der Waals surface area contributed by atoms with Crippen molar-refractivity contribution in [3.63, 3.8) is 0 Å². The molecular formula is C25H23FN2O5S. The molecule has 1 aliphatic heterocycles. The first-order valence-corrected chi connectivity index (χ1v) is 12.3. The fourth-order valence-corrected chi connectivity index (χ4v) is 4.68. The summed E-state index contributed by atoms with van der Waals surface area (Å²) in [5.74, 6) is -0.677. The Hall–Kier alpha value is -3.72. The summed E-state index contributed by atoms with van der Waals surface area (Å²) in [7, 11) is -2.16. The maximum absolute atomic E-state index is 13.6. The topological polar surface area (TPSA) is 102 Å². The van der Waals surface area contributed by atoms with Crippen molar-refractivity contribution in [2.24, 2.45) is 0 Å². The van der Waals surface area contributed by atoms with E-state index in [9.17, 15) is 22.4 Å². The molecule has 2 N–H and O–H groups in total. The molecule has 176 valence electrons. The predicted octanol–water partition coefficient (Wildman–Crippen LogP) is 3.64. The molecule has 0 aliphatic carbocycles. The van der Waals surface area contributed by atoms with Gasteiger partial charge in [-0.1, -0.05) is 30.3 Å². The van der Waals surface area contributed by atoms with Crippen LogP contribution in [-0.2, 0) is 26.8 Å². The monoisotopic (exact) mass is 482 g/mol. The molecule has 1 amide bonds. The van der Waals surface area contributed by atoms with E-state index in [1.165, 1.54) is 38.2 Å². The highest BCUT2D eigenvalue weighted by molar-refractivity contribution is 7.92. The van der Waals surface area contributed by atoms with Gasteiger partial charge in [-0.25, -0.2) is 12.8 Å². The van der Waals surface area contributed by atoms with Crippen molar-refractivity contribution < 1.29 is 27.1 Å². The molecule has 3 aromatic rings. The minimum atomic E-state index is -3.64. The van der Waals surface area contributed by atoms with Crippen molar-refractivity contribution in [2.75, 3.05) is 17.5 Å². The van der Waals surface area contributed by atoms with Crippen LogP contribution in [0.25, 0.3) is 11.1 Å². The molecule has 3 aromatic carbocycles. The van der Waals surface area contributed by atoms with Crippen molar-refractivity contribution in [3.05, 3.63) is 83.2 Å². The van der Waals surface area contributed by atoms with Gasteiger partial charge in [0.25, 0.3) is 5.91 Å². The van der Waals surface area contributed by atoms with Gasteiger partial charge in [0.1, 0.15) is 17.9 Å². The van der Waals surface area contributed by atoms with Crippen LogP contribution in [0.4, 0.5) is 10.1 Å². The maximum Gasteiger partial charge on any atom is 0.269 e. The van der Waals surface area contributed by atoms with Crippen LogP contribution in [0.5, 0.6) is 5.75 Å². The Balaban J connectivity index is 1.88. The molecule has 4 rings (SSSR count). The first-order chi connectivity index (χ1) is 16.2. The van der Waals surface area contributed by atoms with Gasteiger partial charge in [0.15, 0.2) is 0 Å². The minimum Gasteiger partial charge on any atom is -0.472 e. The van der Waals surface area contributed by atoms with Crippen LogP contribution >= 0.6 is 0 Å². The zero-order valence-corrected chi connectivity index (χ0v) is 19.4. The highest BCUT2D eigenvalue weighted by Crippen LogP contribution is 2.46. The van der Waals surface area contributed by atoms with Gasteiger partial charge < -0.3 is 10.1 Å². The molecule has 1 unspecified atom stereocenters. The summed E-state index contributed by atoms with van der Waals surface area (Å²) in [6.45, 7) is 1.52. The third-order valence-electron chi connectivity index (χ3n) is 5.81. The van der Waals surface area contributed by atoms with E-state index in [4.69, 9.17) is 4.74 Å². The van der Waals surface area contributed by atoms with Crippen molar-refractivity contribution in [1.29, 1.82) is 0 Å². The molecule has 1 atom stereocenters. The number of benzene rings is 3. The average molecular weight is 483 g/mol. The van der Waals surface area contributed by atoms with E-state index in [2.05, 4.69) is 10.0 Å². The Morgan fingerprint density at radius 3 is 2.53 bits per heavy atom. The zero-order valence-electron chi connectivity index (χ0n) is 18.6. The molecule has 0 spiro atoms. The summed E-state index contributed by atoms with van der Waals surface area (Å²) < 4.78 is 47.1. The number of halogens is 1. The number of fused-ring (bicyclic) bond motifs is 1. The first kappa shape index (κ1) is 23.4. The van der Waals surface area contributed by atoms with E-state index in [0.717, 1.165) is 0 Å². The van der Waals surface area contributed by atoms with Gasteiger partial charge in [-0.2, -0.15) is 0 Å². The summed E-state index contributed by atoms with van der Waals surface area (Å²) in [6, 6.07) is 15.5. The van der Waals surface area contributed by atoms with Crippen molar-refractivity contribution in [1.82, 2.24) is 5.32 Å². The Morgan fingerprint density at radius 1 is 1.15 bits per heavy atom. The standard InChI is InChI=1S/C25H23FN2O5S/c1-3-34(31,32)28-22-13-23-18(12-21(22)17-6-4-5-16(11-17)15-29)14-25(33-23,24(30)27-2)19-7-9-20(26)10-8-19/h4-13,15,28H,3,14H2,1-2H3,(H,27,30). The number of nitrogens with one attached hydrogen (secondary N) is 2. The van der Waals surface area contributed by atoms with Gasteiger partial charge in [0.2, 0.25) is 15.6 Å². The number of hydrogen-bond donors (Lipinski definition) is 2. The number of sulfonamides is 1. The quantitative estimate of drug-likeness (QED) is 0.501. The van der Waals surface area contributed by atoms with Gasteiger partial charge in [0, 0.05) is 36.2 Å². The number of likely N-dealkylation sites (N-methyl/N-ethyl adjacent to an activating group) is 1. The lowest BCUT2D eigenvalue weighted by molar-refractivity contribution is -0.135. The number of aldehydes is 1. The predicted molar refractivity (Wildman–Crippen MR) is 127 cm³/mol. The third kappa shape index (κ3) is 4.26. The molecule has 1 heterocycles. The molecule has 0 bridgehead atoms. The summed E-state index contributed by atoms with van der Waals surface area (Å²) in [6.07, 6.45) is 0.857. The van der Waals surface area contributed by atoms with Crippen LogP contribution in [0.2, 0.25) is 0 Å².